The van der Waals surface area contributed by atoms with Gasteiger partial charge in [-0.3, -0.25) is 48.1 Å². The molecule has 1 unspecified atom stereocenters. The fourth-order valence-electron chi connectivity index (χ4n) is 9.58. The van der Waals surface area contributed by atoms with E-state index in [0.717, 1.165) is 64.7 Å². The maximum atomic E-state index is 13.8. The molecule has 1 fully saturated rings. The van der Waals surface area contributed by atoms with Gasteiger partial charge in [-0.05, 0) is 98.2 Å². The summed E-state index contributed by atoms with van der Waals surface area (Å²) in [7, 11) is 1.68. The molecule has 5 atom stereocenters. The maximum absolute atomic E-state index is 13.8. The molecule has 20 nitrogen and oxygen atoms in total. The number of carbonyl (C=O) groups is 6. The predicted molar refractivity (Wildman–Crippen MR) is 270 cm³/mol. The molecule has 4 heterocycles. The summed E-state index contributed by atoms with van der Waals surface area (Å²) in [5.74, 6) is -2.06. The highest BCUT2D eigenvalue weighted by atomic mass is 16.6. The summed E-state index contributed by atoms with van der Waals surface area (Å²) in [5.41, 5.74) is 18.6. The number of fused-ring (bicyclic) bond motifs is 1. The number of amides is 6. The molecule has 4 aromatic rings. The topological polar surface area (TPSA) is 267 Å². The van der Waals surface area contributed by atoms with Gasteiger partial charge in [0.1, 0.15) is 18.7 Å². The van der Waals surface area contributed by atoms with E-state index in [1.165, 1.54) is 9.13 Å². The Morgan fingerprint density at radius 1 is 0.795 bits per heavy atom. The largest absolute Gasteiger partial charge is 0.379 e. The number of imidazole rings is 1. The smallest absolute Gasteiger partial charge is 0.329 e. The molecule has 20 heteroatoms. The second kappa shape index (κ2) is 26.6. The average molecular weight is 1010 g/mol. The number of rotatable bonds is 29. The van der Waals surface area contributed by atoms with Crippen molar-refractivity contribution in [3.8, 4) is 0 Å². The number of piperidine rings is 1. The van der Waals surface area contributed by atoms with Crippen molar-refractivity contribution in [2.24, 2.45) is 18.5 Å². The van der Waals surface area contributed by atoms with Gasteiger partial charge in [0.25, 0.3) is 0 Å². The van der Waals surface area contributed by atoms with Crippen molar-refractivity contribution in [3.05, 3.63) is 99.0 Å². The van der Waals surface area contributed by atoms with Gasteiger partial charge in [-0.1, -0.05) is 48.5 Å². The molecule has 3 aliphatic heterocycles. The van der Waals surface area contributed by atoms with Crippen molar-refractivity contribution < 1.29 is 52.5 Å². The van der Waals surface area contributed by atoms with E-state index in [4.69, 9.17) is 35.2 Å². The molecule has 7 rings (SSSR count). The van der Waals surface area contributed by atoms with Crippen LogP contribution in [0.25, 0.3) is 11.0 Å². The number of hydrogen-bond donors (Lipinski definition) is 5. The van der Waals surface area contributed by atoms with E-state index < -0.39 is 42.1 Å². The van der Waals surface area contributed by atoms with Crippen LogP contribution < -0.4 is 38.0 Å². The number of ether oxygens (including phenoxy) is 5. The molecule has 0 radical (unpaired) electrons. The highest BCUT2D eigenvalue weighted by Gasteiger charge is 2.43. The molecule has 0 saturated carbocycles. The van der Waals surface area contributed by atoms with Gasteiger partial charge in [-0.2, -0.15) is 0 Å². The Kier molecular flexibility index (Phi) is 19.9. The highest BCUT2D eigenvalue weighted by molar-refractivity contribution is 6.07. The van der Waals surface area contributed by atoms with Crippen molar-refractivity contribution >= 4 is 52.2 Å². The van der Waals surface area contributed by atoms with Crippen molar-refractivity contribution in [1.82, 2.24) is 25.1 Å². The highest BCUT2D eigenvalue weighted by Crippen LogP contribution is 2.39. The van der Waals surface area contributed by atoms with Gasteiger partial charge in [0.2, 0.25) is 35.4 Å². The van der Waals surface area contributed by atoms with Gasteiger partial charge in [0.15, 0.2) is 0 Å². The van der Waals surface area contributed by atoms with E-state index >= 15 is 0 Å². The number of hydrogen-bond acceptors (Lipinski definition) is 13. The average Bonchev–Trinajstić information content (AvgIpc) is 3.85. The second-order valence-corrected chi connectivity index (χ2v) is 18.9. The number of primary amides is 1. The van der Waals surface area contributed by atoms with Crippen LogP contribution in [0.3, 0.4) is 0 Å². The van der Waals surface area contributed by atoms with Crippen LogP contribution >= 0.6 is 0 Å². The lowest BCUT2D eigenvalue weighted by molar-refractivity contribution is -0.136. The summed E-state index contributed by atoms with van der Waals surface area (Å²) in [6.45, 7) is 5.35. The number of anilines is 1. The molecule has 0 aliphatic carbocycles. The molecular weight excluding hydrogens is 941 g/mol. The quantitative estimate of drug-likeness (QED) is 0.0385. The maximum Gasteiger partial charge on any atom is 0.329 e. The molecule has 0 spiro atoms. The number of nitrogens with two attached hydrogens (primary N) is 2. The number of benzene rings is 3. The number of aryl methyl sites for hydroxylation is 4. The van der Waals surface area contributed by atoms with Crippen molar-refractivity contribution in [1.29, 1.82) is 0 Å². The lowest BCUT2D eigenvalue weighted by Gasteiger charge is -2.30. The Balaban J connectivity index is 0.691. The van der Waals surface area contributed by atoms with Gasteiger partial charge in [0, 0.05) is 39.5 Å². The lowest BCUT2D eigenvalue weighted by atomic mass is 10.0. The summed E-state index contributed by atoms with van der Waals surface area (Å²) in [6, 6.07) is 16.9. The summed E-state index contributed by atoms with van der Waals surface area (Å²) >= 11 is 0. The van der Waals surface area contributed by atoms with Crippen LogP contribution in [0.15, 0.2) is 65.5 Å². The number of carbonyl (C=O) groups excluding carboxylic acids is 6. The first-order valence-electron chi connectivity index (χ1n) is 25.4. The third-order valence-corrected chi connectivity index (χ3v) is 13.6. The van der Waals surface area contributed by atoms with Crippen molar-refractivity contribution in [2.45, 2.75) is 114 Å². The van der Waals surface area contributed by atoms with Crippen LogP contribution in [0, 0.1) is 0 Å². The van der Waals surface area contributed by atoms with Crippen molar-refractivity contribution in [3.63, 3.8) is 0 Å². The first-order valence-corrected chi connectivity index (χ1v) is 25.4. The second-order valence-electron chi connectivity index (χ2n) is 18.9. The van der Waals surface area contributed by atoms with Gasteiger partial charge in [-0.15, -0.1) is 0 Å². The molecule has 394 valence electrons. The van der Waals surface area contributed by atoms with Crippen LogP contribution in [-0.4, -0.2) is 128 Å². The number of aromatic nitrogens is 2. The van der Waals surface area contributed by atoms with Gasteiger partial charge >= 0.3 is 5.69 Å². The summed E-state index contributed by atoms with van der Waals surface area (Å²) in [4.78, 5) is 89.9. The van der Waals surface area contributed by atoms with E-state index in [9.17, 15) is 33.6 Å². The van der Waals surface area contributed by atoms with Crippen LogP contribution in [-0.2, 0) is 91.8 Å². The molecule has 3 aliphatic rings. The number of imide groups is 1. The zero-order valence-corrected chi connectivity index (χ0v) is 41.9. The normalized spacial score (nSPS) is 18.3. The molecular formula is C53H70N8O12. The predicted octanol–water partition coefficient (Wildman–Crippen LogP) is 1.95. The SMILES string of the molecule is C[C@@H](OCc1ccc(CCCNC(=O)COCCOCCOCCOCCCc2ccc3c(c2)n(C)c(=O)n3C2CCC(=O)NC2=O)cc1)[C@H](CCC(N)=O)NC(=O)[C@@H]1Cc2cccc3c2N1C(=O)[C@@H](N)CC3. The summed E-state index contributed by atoms with van der Waals surface area (Å²) in [5, 5.41) is 8.28. The van der Waals surface area contributed by atoms with E-state index in [2.05, 4.69) is 16.0 Å². The molecule has 3 aromatic carbocycles. The van der Waals surface area contributed by atoms with Gasteiger partial charge in [0.05, 0.1) is 81.2 Å². The first kappa shape index (κ1) is 54.5. The van der Waals surface area contributed by atoms with E-state index in [1.54, 1.807) is 11.9 Å². The van der Waals surface area contributed by atoms with Crippen LogP contribution in [0.4, 0.5) is 5.69 Å². The Morgan fingerprint density at radius 2 is 1.47 bits per heavy atom. The van der Waals surface area contributed by atoms with E-state index in [1.807, 2.05) is 67.6 Å². The monoisotopic (exact) mass is 1010 g/mol. The number of nitrogens with one attached hydrogen (secondary N) is 3. The minimum absolute atomic E-state index is 0.0585. The number of nitrogens with zero attached hydrogens (tertiary/aromatic N) is 3. The fourth-order valence-corrected chi connectivity index (χ4v) is 9.58. The fraction of sp³-hybridized carbons (Fsp3) is 0.528. The molecule has 1 aromatic heterocycles. The molecule has 1 saturated heterocycles. The van der Waals surface area contributed by atoms with E-state index in [0.29, 0.717) is 77.4 Å². The lowest BCUT2D eigenvalue weighted by Crippen LogP contribution is -2.55. The zero-order chi connectivity index (χ0) is 51.9. The standard InChI is InChI=1S/C53H70N8O12/c1-34(41(17-20-46(55)62)57-51(66)45-31-39-9-3-8-38-15-16-40(54)52(67)61(45)49(38)39)73-32-37-12-10-35(11-13-37)6-4-22-56-48(64)33-72-29-28-71-27-26-70-25-24-69-23-5-7-36-14-18-42-44(30-36)59(2)53(68)60(42)43-19-21-47(63)58-50(43)65/h3,8-14,18,30,34,40-41,43,45H,4-7,15-17,19-29,31-33,54H2,1-2H3,(H2,55,62)(H,56,64)(H,57,66)(H,58,63,65)/t34-,40+,41+,43?,45+/m1/s1. The molecule has 6 amide bonds. The molecule has 7 N–H and O–H groups in total. The minimum atomic E-state index is -0.756. The van der Waals surface area contributed by atoms with Gasteiger partial charge < -0.3 is 45.8 Å². The summed E-state index contributed by atoms with van der Waals surface area (Å²) < 4.78 is 31.5. The third-order valence-electron chi connectivity index (χ3n) is 13.6. The minimum Gasteiger partial charge on any atom is -0.379 e. The Bertz CT molecular complexity index is 2630. The third kappa shape index (κ3) is 14.7. The zero-order valence-electron chi connectivity index (χ0n) is 41.9. The first-order chi connectivity index (χ1) is 35.3. The Labute approximate surface area is 424 Å². The Hall–Kier alpha value is -6.29. The molecule has 0 bridgehead atoms. The van der Waals surface area contributed by atoms with Crippen LogP contribution in [0.5, 0.6) is 0 Å². The van der Waals surface area contributed by atoms with Crippen LogP contribution in [0.2, 0.25) is 0 Å². The van der Waals surface area contributed by atoms with Crippen LogP contribution in [0.1, 0.15) is 85.7 Å². The number of para-hydroxylation sites is 1. The van der Waals surface area contributed by atoms with E-state index in [-0.39, 0.29) is 68.4 Å². The Morgan fingerprint density at radius 3 is 2.19 bits per heavy atom. The van der Waals surface area contributed by atoms with Crippen molar-refractivity contribution in [2.75, 3.05) is 64.3 Å². The van der Waals surface area contributed by atoms with Gasteiger partial charge in [-0.25, -0.2) is 4.79 Å². The summed E-state index contributed by atoms with van der Waals surface area (Å²) in [6.07, 6.45) is 4.93. The molecule has 73 heavy (non-hydrogen) atoms.